The maximum Gasteiger partial charge on any atom is 0.191 e. The van der Waals surface area contributed by atoms with Crippen LogP contribution in [0.4, 0.5) is 0 Å². The molecule has 2 aromatic rings. The minimum atomic E-state index is 0. The molecule has 0 fully saturated rings. The third kappa shape index (κ3) is 5.09. The first-order chi connectivity index (χ1) is 11.2. The van der Waals surface area contributed by atoms with Crippen molar-refractivity contribution in [1.29, 1.82) is 0 Å². The molecule has 0 spiro atoms. The van der Waals surface area contributed by atoms with Gasteiger partial charge in [-0.2, -0.15) is 5.10 Å². The molecule has 6 heteroatoms. The molecule has 0 aliphatic heterocycles. The molecule has 1 aromatic heterocycles. The van der Waals surface area contributed by atoms with E-state index in [0.29, 0.717) is 13.1 Å². The first kappa shape index (κ1) is 20.2. The predicted molar refractivity (Wildman–Crippen MR) is 111 cm³/mol. The molecule has 0 amide bonds. The quantitative estimate of drug-likeness (QED) is 0.314. The van der Waals surface area contributed by atoms with Crippen LogP contribution in [-0.2, 0) is 6.54 Å². The van der Waals surface area contributed by atoms with E-state index in [1.807, 2.05) is 35.9 Å². The van der Waals surface area contributed by atoms with Crippen molar-refractivity contribution < 1.29 is 0 Å². The van der Waals surface area contributed by atoms with E-state index in [2.05, 4.69) is 53.3 Å². The van der Waals surface area contributed by atoms with Gasteiger partial charge >= 0.3 is 0 Å². The van der Waals surface area contributed by atoms with Crippen molar-refractivity contribution in [1.82, 2.24) is 20.4 Å². The van der Waals surface area contributed by atoms with Gasteiger partial charge in [0.05, 0.1) is 17.9 Å². The van der Waals surface area contributed by atoms with Crippen molar-refractivity contribution in [3.8, 4) is 5.69 Å². The van der Waals surface area contributed by atoms with Crippen LogP contribution in [0.15, 0.2) is 48.0 Å². The SMILES string of the molecule is C=CCNC(=NCc1c(C)nn(-c2ccccc2)c1C)NCC.I. The Morgan fingerprint density at radius 3 is 2.58 bits per heavy atom. The Kier molecular flexibility index (Phi) is 8.53. The predicted octanol–water partition coefficient (Wildman–Crippen LogP) is 3.35. The lowest BCUT2D eigenvalue weighted by molar-refractivity contribution is 0.831. The van der Waals surface area contributed by atoms with Crippen molar-refractivity contribution in [2.75, 3.05) is 13.1 Å². The number of hydrogen-bond donors (Lipinski definition) is 2. The molecular formula is C18H26IN5. The molecule has 2 rings (SSSR count). The van der Waals surface area contributed by atoms with E-state index in [9.17, 15) is 0 Å². The number of hydrogen-bond acceptors (Lipinski definition) is 2. The molecule has 1 heterocycles. The van der Waals surface area contributed by atoms with Crippen molar-refractivity contribution in [3.05, 3.63) is 59.9 Å². The molecule has 0 saturated heterocycles. The summed E-state index contributed by atoms with van der Waals surface area (Å²) in [5, 5.41) is 11.1. The molecule has 0 atom stereocenters. The zero-order valence-electron chi connectivity index (χ0n) is 14.5. The average Bonchev–Trinajstić information content (AvgIpc) is 2.85. The van der Waals surface area contributed by atoms with Gasteiger partial charge in [0, 0.05) is 24.3 Å². The molecule has 0 saturated carbocycles. The summed E-state index contributed by atoms with van der Waals surface area (Å²) in [7, 11) is 0. The number of aryl methyl sites for hydroxylation is 1. The Labute approximate surface area is 161 Å². The topological polar surface area (TPSA) is 54.2 Å². The maximum absolute atomic E-state index is 4.66. The summed E-state index contributed by atoms with van der Waals surface area (Å²) in [5.41, 5.74) is 4.36. The van der Waals surface area contributed by atoms with E-state index in [0.717, 1.165) is 35.1 Å². The Morgan fingerprint density at radius 2 is 1.96 bits per heavy atom. The van der Waals surface area contributed by atoms with Gasteiger partial charge in [-0.25, -0.2) is 9.67 Å². The minimum Gasteiger partial charge on any atom is -0.357 e. The molecule has 1 aromatic carbocycles. The number of halogens is 1. The number of para-hydroxylation sites is 1. The second-order valence-electron chi connectivity index (χ2n) is 5.26. The molecule has 2 N–H and O–H groups in total. The van der Waals surface area contributed by atoms with Crippen molar-refractivity contribution >= 4 is 29.9 Å². The normalized spacial score (nSPS) is 10.9. The molecular weight excluding hydrogens is 413 g/mol. The van der Waals surface area contributed by atoms with Gasteiger partial charge < -0.3 is 10.6 Å². The highest BCUT2D eigenvalue weighted by Gasteiger charge is 2.12. The van der Waals surface area contributed by atoms with Gasteiger partial charge in [-0.3, -0.25) is 0 Å². The molecule has 0 aliphatic carbocycles. The number of guanidine groups is 1. The van der Waals surface area contributed by atoms with Crippen LogP contribution >= 0.6 is 24.0 Å². The number of rotatable bonds is 6. The molecule has 0 aliphatic rings. The highest BCUT2D eigenvalue weighted by molar-refractivity contribution is 14.0. The smallest absolute Gasteiger partial charge is 0.191 e. The summed E-state index contributed by atoms with van der Waals surface area (Å²) in [6.07, 6.45) is 1.82. The van der Waals surface area contributed by atoms with Crippen molar-refractivity contribution in [2.45, 2.75) is 27.3 Å². The lowest BCUT2D eigenvalue weighted by Gasteiger charge is -2.09. The van der Waals surface area contributed by atoms with Gasteiger partial charge in [0.15, 0.2) is 5.96 Å². The third-order valence-electron chi connectivity index (χ3n) is 3.60. The fourth-order valence-electron chi connectivity index (χ4n) is 2.39. The molecule has 0 bridgehead atoms. The molecule has 5 nitrogen and oxygen atoms in total. The largest absolute Gasteiger partial charge is 0.357 e. The van der Waals surface area contributed by atoms with E-state index in [4.69, 9.17) is 0 Å². The van der Waals surface area contributed by atoms with Gasteiger partial charge in [0.25, 0.3) is 0 Å². The summed E-state index contributed by atoms with van der Waals surface area (Å²) in [6.45, 7) is 12.0. The fraction of sp³-hybridized carbons (Fsp3) is 0.333. The number of aliphatic imine (C=N–C) groups is 1. The number of nitrogens with zero attached hydrogens (tertiary/aromatic N) is 3. The molecule has 0 radical (unpaired) electrons. The van der Waals surface area contributed by atoms with Crippen molar-refractivity contribution in [2.24, 2.45) is 4.99 Å². The Bertz CT molecular complexity index is 676. The maximum atomic E-state index is 4.66. The summed E-state index contributed by atoms with van der Waals surface area (Å²) >= 11 is 0. The van der Waals surface area contributed by atoms with Crippen LogP contribution in [0.25, 0.3) is 5.69 Å². The summed E-state index contributed by atoms with van der Waals surface area (Å²) in [4.78, 5) is 4.64. The second-order valence-corrected chi connectivity index (χ2v) is 5.26. The van der Waals surface area contributed by atoms with Gasteiger partial charge in [-0.05, 0) is 32.9 Å². The number of benzene rings is 1. The van der Waals surface area contributed by atoms with Gasteiger partial charge in [-0.1, -0.05) is 24.3 Å². The zero-order valence-corrected chi connectivity index (χ0v) is 16.9. The number of aromatic nitrogens is 2. The lowest BCUT2D eigenvalue weighted by atomic mass is 10.2. The Morgan fingerprint density at radius 1 is 1.25 bits per heavy atom. The lowest BCUT2D eigenvalue weighted by Crippen LogP contribution is -2.37. The van der Waals surface area contributed by atoms with Crippen LogP contribution in [-0.4, -0.2) is 28.8 Å². The van der Waals surface area contributed by atoms with Gasteiger partial charge in [0.2, 0.25) is 0 Å². The van der Waals surface area contributed by atoms with Crippen LogP contribution in [0.1, 0.15) is 23.9 Å². The summed E-state index contributed by atoms with van der Waals surface area (Å²) in [6, 6.07) is 10.2. The van der Waals surface area contributed by atoms with E-state index >= 15 is 0 Å². The first-order valence-electron chi connectivity index (χ1n) is 7.91. The van der Waals surface area contributed by atoms with E-state index in [1.165, 1.54) is 0 Å². The monoisotopic (exact) mass is 439 g/mol. The highest BCUT2D eigenvalue weighted by Crippen LogP contribution is 2.18. The van der Waals surface area contributed by atoms with Crippen molar-refractivity contribution in [3.63, 3.8) is 0 Å². The standard InChI is InChI=1S/C18H25N5.HI/c1-5-12-20-18(19-6-2)21-13-17-14(3)22-23(15(17)4)16-10-8-7-9-11-16;/h5,7-11H,1,6,12-13H2,2-4H3,(H2,19,20,21);1H. The second kappa shape index (κ2) is 10.1. The van der Waals surface area contributed by atoms with Crippen LogP contribution in [0.2, 0.25) is 0 Å². The number of nitrogens with one attached hydrogen (secondary N) is 2. The molecule has 24 heavy (non-hydrogen) atoms. The highest BCUT2D eigenvalue weighted by atomic mass is 127. The minimum absolute atomic E-state index is 0. The summed E-state index contributed by atoms with van der Waals surface area (Å²) in [5.74, 6) is 0.790. The summed E-state index contributed by atoms with van der Waals surface area (Å²) < 4.78 is 1.98. The molecule has 130 valence electrons. The zero-order chi connectivity index (χ0) is 16.7. The van der Waals surface area contributed by atoms with E-state index in [-0.39, 0.29) is 24.0 Å². The van der Waals surface area contributed by atoms with E-state index in [1.54, 1.807) is 0 Å². The van der Waals surface area contributed by atoms with Gasteiger partial charge in [0.1, 0.15) is 0 Å². The third-order valence-corrected chi connectivity index (χ3v) is 3.60. The Hall–Kier alpha value is -1.83. The fourth-order valence-corrected chi connectivity index (χ4v) is 2.39. The van der Waals surface area contributed by atoms with Crippen LogP contribution in [0, 0.1) is 13.8 Å². The Balaban J connectivity index is 0.00000288. The molecule has 0 unspecified atom stereocenters. The van der Waals surface area contributed by atoms with Crippen LogP contribution < -0.4 is 10.6 Å². The van der Waals surface area contributed by atoms with Gasteiger partial charge in [-0.15, -0.1) is 30.6 Å². The van der Waals surface area contributed by atoms with Crippen LogP contribution in [0.5, 0.6) is 0 Å². The average molecular weight is 439 g/mol. The first-order valence-corrected chi connectivity index (χ1v) is 7.91. The van der Waals surface area contributed by atoms with E-state index < -0.39 is 0 Å². The van der Waals surface area contributed by atoms with Crippen LogP contribution in [0.3, 0.4) is 0 Å².